The Balaban J connectivity index is 0. The quantitative estimate of drug-likeness (QED) is 0.0750. The first-order valence-corrected chi connectivity index (χ1v) is 18.4. The van der Waals surface area contributed by atoms with Crippen molar-refractivity contribution in [1.29, 1.82) is 0 Å². The third-order valence-corrected chi connectivity index (χ3v) is 9.66. The third-order valence-electron chi connectivity index (χ3n) is 8.61. The van der Waals surface area contributed by atoms with Gasteiger partial charge in [0.1, 0.15) is 0 Å². The minimum atomic E-state index is -0.741. The zero-order valence-corrected chi connectivity index (χ0v) is 29.1. The van der Waals surface area contributed by atoms with Crippen LogP contribution in [0, 0.1) is 11.8 Å². The van der Waals surface area contributed by atoms with Gasteiger partial charge in [0.2, 0.25) is 0 Å². The summed E-state index contributed by atoms with van der Waals surface area (Å²) in [6.45, 7) is 12.6. The number of carbonyl (C=O) groups is 1. The molecule has 0 rings (SSSR count). The average Bonchev–Trinajstić information content (AvgIpc) is 2.91. The summed E-state index contributed by atoms with van der Waals surface area (Å²) < 4.78 is 0. The van der Waals surface area contributed by atoms with Crippen LogP contribution in [0.1, 0.15) is 208 Å². The fourth-order valence-corrected chi connectivity index (χ4v) is 6.45. The molecule has 0 saturated heterocycles. The van der Waals surface area contributed by atoms with E-state index in [1.54, 1.807) is 13.8 Å². The molecule has 0 aliphatic carbocycles. The zero-order valence-electron chi connectivity index (χ0n) is 28.0. The van der Waals surface area contributed by atoms with Crippen molar-refractivity contribution in [3.8, 4) is 0 Å². The largest absolute Gasteiger partial charge is 0.481 e. The highest BCUT2D eigenvalue weighted by atomic mass is 31.0. The van der Waals surface area contributed by atoms with E-state index in [1.165, 1.54) is 167 Å². The number of carboxylic acid groups (broad SMARTS) is 1. The lowest BCUT2D eigenvalue weighted by atomic mass is 9.77. The summed E-state index contributed by atoms with van der Waals surface area (Å²) >= 11 is 0. The van der Waals surface area contributed by atoms with E-state index < -0.39 is 5.97 Å². The molecule has 0 aromatic heterocycles. The van der Waals surface area contributed by atoms with Crippen LogP contribution >= 0.6 is 9.24 Å². The van der Waals surface area contributed by atoms with Gasteiger partial charge in [0.25, 0.3) is 0 Å². The molecule has 0 fully saturated rings. The molecule has 2 unspecified atom stereocenters. The van der Waals surface area contributed by atoms with E-state index in [2.05, 4.69) is 36.9 Å². The summed E-state index contributed by atoms with van der Waals surface area (Å²) in [6.07, 6.45) is 37.6. The Bertz CT molecular complexity index is 478. The minimum absolute atomic E-state index is 0.231. The molecule has 39 heavy (non-hydrogen) atoms. The molecule has 0 aromatic carbocycles. The number of carboxylic acids is 1. The van der Waals surface area contributed by atoms with Crippen LogP contribution in [-0.4, -0.2) is 16.2 Å². The van der Waals surface area contributed by atoms with Gasteiger partial charge >= 0.3 is 5.97 Å². The lowest BCUT2D eigenvalue weighted by Crippen LogP contribution is -2.32. The van der Waals surface area contributed by atoms with Crippen molar-refractivity contribution >= 4 is 15.2 Å². The number of hydrogen-bond donors (Lipinski definition) is 1. The molecule has 0 saturated carbocycles. The first kappa shape index (κ1) is 41.0. The molecule has 0 aromatic rings. The SMILES string of the molecule is CC(C)C(=O)O.CCCCCCCCCCCCC(CCCCCC)C(P)(CCCCCC)CCCCCC. The van der Waals surface area contributed by atoms with E-state index in [-0.39, 0.29) is 5.92 Å². The molecule has 2 nitrogen and oxygen atoms in total. The molecule has 236 valence electrons. The van der Waals surface area contributed by atoms with Crippen LogP contribution in [-0.2, 0) is 4.79 Å². The van der Waals surface area contributed by atoms with Crippen molar-refractivity contribution in [1.82, 2.24) is 0 Å². The lowest BCUT2D eigenvalue weighted by molar-refractivity contribution is -0.140. The van der Waals surface area contributed by atoms with Crippen LogP contribution in [0.2, 0.25) is 0 Å². The molecule has 2 atom stereocenters. The maximum absolute atomic E-state index is 9.70. The topological polar surface area (TPSA) is 37.3 Å². The van der Waals surface area contributed by atoms with Gasteiger partial charge < -0.3 is 5.11 Å². The molecule has 0 aliphatic rings. The lowest BCUT2D eigenvalue weighted by Gasteiger charge is -2.39. The second kappa shape index (κ2) is 30.8. The normalized spacial score (nSPS) is 12.4. The predicted molar refractivity (Wildman–Crippen MR) is 181 cm³/mol. The minimum Gasteiger partial charge on any atom is -0.481 e. The Kier molecular flexibility index (Phi) is 32.5. The van der Waals surface area contributed by atoms with Gasteiger partial charge in [-0.3, -0.25) is 4.79 Å². The van der Waals surface area contributed by atoms with Crippen molar-refractivity contribution in [3.63, 3.8) is 0 Å². The van der Waals surface area contributed by atoms with Crippen LogP contribution in [0.5, 0.6) is 0 Å². The van der Waals surface area contributed by atoms with Crippen molar-refractivity contribution in [2.75, 3.05) is 0 Å². The summed E-state index contributed by atoms with van der Waals surface area (Å²) in [5.41, 5.74) is 0. The number of aliphatic carboxylic acids is 1. The van der Waals surface area contributed by atoms with Gasteiger partial charge in [0.15, 0.2) is 0 Å². The molecule has 3 heteroatoms. The molecular weight excluding hydrogens is 495 g/mol. The highest BCUT2D eigenvalue weighted by molar-refractivity contribution is 7.19. The van der Waals surface area contributed by atoms with Crippen LogP contribution in [0.3, 0.4) is 0 Å². The van der Waals surface area contributed by atoms with E-state index in [0.717, 1.165) is 5.92 Å². The van der Waals surface area contributed by atoms with Crippen LogP contribution in [0.25, 0.3) is 0 Å². The van der Waals surface area contributed by atoms with Crippen molar-refractivity contribution < 1.29 is 9.90 Å². The molecule has 1 N–H and O–H groups in total. The second-order valence-electron chi connectivity index (χ2n) is 12.9. The summed E-state index contributed by atoms with van der Waals surface area (Å²) in [5, 5.41) is 8.51. The average molecular weight is 571 g/mol. The van der Waals surface area contributed by atoms with E-state index in [0.29, 0.717) is 5.16 Å². The number of hydrogen-bond acceptors (Lipinski definition) is 1. The third kappa shape index (κ3) is 27.8. The standard InChI is InChI=1S/C32H67P.C4H8O2/c1-5-9-13-17-18-19-20-21-22-24-28-31(27-23-14-10-6-2)32(33,29-25-15-11-7-3)30-26-16-12-8-4;1-3(2)4(5)6/h31H,5-30,33H2,1-4H3;3H,1-2H3,(H,5,6). The van der Waals surface area contributed by atoms with Gasteiger partial charge in [-0.2, -0.15) is 0 Å². The molecule has 0 bridgehead atoms. The second-order valence-corrected chi connectivity index (χ2v) is 14.0. The summed E-state index contributed by atoms with van der Waals surface area (Å²) in [6, 6.07) is 0. The fourth-order valence-electron chi connectivity index (χ4n) is 5.71. The Labute approximate surface area is 250 Å². The van der Waals surface area contributed by atoms with Gasteiger partial charge in [-0.25, -0.2) is 0 Å². The monoisotopic (exact) mass is 571 g/mol. The van der Waals surface area contributed by atoms with Crippen LogP contribution < -0.4 is 0 Å². The Hall–Kier alpha value is -0.100. The summed E-state index contributed by atoms with van der Waals surface area (Å²) in [4.78, 5) is 9.70. The van der Waals surface area contributed by atoms with Crippen LogP contribution in [0.15, 0.2) is 0 Å². The van der Waals surface area contributed by atoms with E-state index in [4.69, 9.17) is 5.11 Å². The smallest absolute Gasteiger partial charge is 0.305 e. The Morgan fingerprint density at radius 3 is 1.10 bits per heavy atom. The van der Waals surface area contributed by atoms with E-state index >= 15 is 0 Å². The molecule has 0 radical (unpaired) electrons. The van der Waals surface area contributed by atoms with Gasteiger partial charge in [-0.05, 0) is 36.8 Å². The van der Waals surface area contributed by atoms with Gasteiger partial charge in [0, 0.05) is 0 Å². The summed E-state index contributed by atoms with van der Waals surface area (Å²) in [7, 11) is 3.49. The molecular formula is C36H75O2P. The first-order chi connectivity index (χ1) is 18.8. The number of rotatable bonds is 28. The maximum Gasteiger partial charge on any atom is 0.305 e. The first-order valence-electron chi connectivity index (χ1n) is 17.8. The number of unbranched alkanes of at least 4 members (excludes halogenated alkanes) is 18. The zero-order chi connectivity index (χ0) is 29.6. The van der Waals surface area contributed by atoms with Gasteiger partial charge in [-0.15, -0.1) is 9.24 Å². The van der Waals surface area contributed by atoms with Crippen molar-refractivity contribution in [2.45, 2.75) is 214 Å². The van der Waals surface area contributed by atoms with Gasteiger partial charge in [-0.1, -0.05) is 183 Å². The predicted octanol–water partition coefficient (Wildman–Crippen LogP) is 13.2. The molecule has 0 amide bonds. The Morgan fingerprint density at radius 1 is 0.538 bits per heavy atom. The van der Waals surface area contributed by atoms with E-state index in [9.17, 15) is 4.79 Å². The summed E-state index contributed by atoms with van der Waals surface area (Å²) in [5.74, 6) is -0.0309. The highest BCUT2D eigenvalue weighted by Crippen LogP contribution is 2.44. The van der Waals surface area contributed by atoms with Crippen molar-refractivity contribution in [2.24, 2.45) is 11.8 Å². The van der Waals surface area contributed by atoms with Crippen LogP contribution in [0.4, 0.5) is 0 Å². The molecule has 0 heterocycles. The fraction of sp³-hybridized carbons (Fsp3) is 0.972. The van der Waals surface area contributed by atoms with E-state index in [1.807, 2.05) is 0 Å². The van der Waals surface area contributed by atoms with Gasteiger partial charge in [0.05, 0.1) is 5.92 Å². The highest BCUT2D eigenvalue weighted by Gasteiger charge is 2.32. The molecule has 0 aliphatic heterocycles. The maximum atomic E-state index is 9.70. The Morgan fingerprint density at radius 2 is 0.795 bits per heavy atom. The molecule has 0 spiro atoms. The van der Waals surface area contributed by atoms with Crippen molar-refractivity contribution in [3.05, 3.63) is 0 Å².